The fraction of sp³-hybridized carbons (Fsp3) is 0.105. The summed E-state index contributed by atoms with van der Waals surface area (Å²) in [6.45, 7) is 1.88. The second kappa shape index (κ2) is 7.05. The molecular formula is C19H17N3O3S. The number of aromatic nitrogens is 2. The summed E-state index contributed by atoms with van der Waals surface area (Å²) in [5.41, 5.74) is 3.35. The lowest BCUT2D eigenvalue weighted by Gasteiger charge is -2.09. The predicted molar refractivity (Wildman–Crippen MR) is 99.7 cm³/mol. The molecule has 0 saturated carbocycles. The van der Waals surface area contributed by atoms with Crippen LogP contribution in [0.2, 0.25) is 0 Å². The van der Waals surface area contributed by atoms with Crippen LogP contribution in [0.3, 0.4) is 0 Å². The van der Waals surface area contributed by atoms with E-state index >= 15 is 0 Å². The first-order chi connectivity index (χ1) is 12.3. The van der Waals surface area contributed by atoms with Crippen molar-refractivity contribution in [3.63, 3.8) is 0 Å². The number of benzene rings is 2. The predicted octanol–water partition coefficient (Wildman–Crippen LogP) is 3.11. The highest BCUT2D eigenvalue weighted by atomic mass is 32.2. The molecule has 0 saturated heterocycles. The maximum Gasteiger partial charge on any atom is 0.255 e. The molecule has 0 aliphatic carbocycles. The van der Waals surface area contributed by atoms with E-state index in [9.17, 15) is 13.2 Å². The number of nitrogens with one attached hydrogen (secondary N) is 1. The van der Waals surface area contributed by atoms with Gasteiger partial charge in [-0.05, 0) is 42.8 Å². The topological polar surface area (TPSA) is 89.0 Å². The van der Waals surface area contributed by atoms with Gasteiger partial charge in [0.15, 0.2) is 14.9 Å². The van der Waals surface area contributed by atoms with Crippen LogP contribution in [-0.2, 0) is 9.84 Å². The Kier molecular flexibility index (Phi) is 4.81. The summed E-state index contributed by atoms with van der Waals surface area (Å²) in [5.74, 6) is -0.196. The van der Waals surface area contributed by atoms with Gasteiger partial charge in [-0.3, -0.25) is 4.79 Å². The van der Waals surface area contributed by atoms with Crippen LogP contribution in [0, 0.1) is 6.92 Å². The molecule has 0 bridgehead atoms. The molecule has 1 aromatic heterocycles. The van der Waals surface area contributed by atoms with E-state index in [-0.39, 0.29) is 10.9 Å². The number of nitrogens with zero attached hydrogens (tertiary/aromatic N) is 2. The summed E-state index contributed by atoms with van der Waals surface area (Å²) >= 11 is 0. The fourth-order valence-electron chi connectivity index (χ4n) is 2.45. The van der Waals surface area contributed by atoms with Crippen LogP contribution < -0.4 is 5.32 Å². The summed E-state index contributed by atoms with van der Waals surface area (Å²) in [6, 6.07) is 17.5. The third kappa shape index (κ3) is 3.94. The van der Waals surface area contributed by atoms with E-state index in [1.165, 1.54) is 6.07 Å². The summed E-state index contributed by atoms with van der Waals surface area (Å²) in [7, 11) is -3.39. The van der Waals surface area contributed by atoms with Crippen LogP contribution in [0.5, 0.6) is 0 Å². The zero-order valence-electron chi connectivity index (χ0n) is 14.3. The highest BCUT2D eigenvalue weighted by molar-refractivity contribution is 7.90. The van der Waals surface area contributed by atoms with Gasteiger partial charge in [0.2, 0.25) is 0 Å². The molecule has 7 heteroatoms. The average molecular weight is 367 g/mol. The Morgan fingerprint density at radius 3 is 2.38 bits per heavy atom. The molecule has 0 unspecified atom stereocenters. The average Bonchev–Trinajstić information content (AvgIpc) is 2.61. The Morgan fingerprint density at radius 1 is 0.962 bits per heavy atom. The molecule has 1 heterocycles. The number of aryl methyl sites for hydroxylation is 1. The normalized spacial score (nSPS) is 11.2. The smallest absolute Gasteiger partial charge is 0.255 e. The van der Waals surface area contributed by atoms with E-state index in [1.54, 1.807) is 30.3 Å². The van der Waals surface area contributed by atoms with Gasteiger partial charge in [0.25, 0.3) is 5.91 Å². The zero-order chi connectivity index (χ0) is 18.7. The van der Waals surface area contributed by atoms with Crippen LogP contribution in [0.1, 0.15) is 15.9 Å². The Morgan fingerprint density at radius 2 is 1.73 bits per heavy atom. The van der Waals surface area contributed by atoms with Gasteiger partial charge in [-0.2, -0.15) is 0 Å². The van der Waals surface area contributed by atoms with Crippen LogP contribution in [0.4, 0.5) is 5.69 Å². The van der Waals surface area contributed by atoms with Crippen molar-refractivity contribution in [3.8, 4) is 11.3 Å². The van der Waals surface area contributed by atoms with E-state index in [2.05, 4.69) is 15.5 Å². The molecule has 1 N–H and O–H groups in total. The van der Waals surface area contributed by atoms with Crippen LogP contribution >= 0.6 is 0 Å². The molecule has 0 fully saturated rings. The minimum Gasteiger partial charge on any atom is -0.322 e. The van der Waals surface area contributed by atoms with Crippen LogP contribution in [0.25, 0.3) is 11.3 Å². The molecule has 3 rings (SSSR count). The molecule has 0 radical (unpaired) electrons. The molecule has 1 amide bonds. The van der Waals surface area contributed by atoms with Crippen molar-refractivity contribution in [1.82, 2.24) is 10.2 Å². The van der Waals surface area contributed by atoms with E-state index in [0.29, 0.717) is 16.9 Å². The molecule has 26 heavy (non-hydrogen) atoms. The van der Waals surface area contributed by atoms with E-state index in [4.69, 9.17) is 0 Å². The summed E-state index contributed by atoms with van der Waals surface area (Å²) in [4.78, 5) is 12.4. The third-order valence-corrected chi connectivity index (χ3v) is 4.80. The van der Waals surface area contributed by atoms with E-state index in [1.807, 2.05) is 31.2 Å². The number of sulfone groups is 1. The summed E-state index contributed by atoms with van der Waals surface area (Å²) in [5, 5.41) is 10.5. The highest BCUT2D eigenvalue weighted by Gasteiger charge is 2.12. The molecule has 0 atom stereocenters. The van der Waals surface area contributed by atoms with Gasteiger partial charge >= 0.3 is 0 Å². The van der Waals surface area contributed by atoms with Gasteiger partial charge in [0.05, 0.1) is 5.69 Å². The Labute approximate surface area is 151 Å². The van der Waals surface area contributed by atoms with Gasteiger partial charge < -0.3 is 5.32 Å². The first-order valence-corrected chi connectivity index (χ1v) is 9.75. The molecule has 2 aromatic carbocycles. The largest absolute Gasteiger partial charge is 0.322 e. The first kappa shape index (κ1) is 17.8. The number of rotatable bonds is 4. The van der Waals surface area contributed by atoms with E-state index in [0.717, 1.165) is 17.4 Å². The van der Waals surface area contributed by atoms with Crippen molar-refractivity contribution in [1.29, 1.82) is 0 Å². The lowest BCUT2D eigenvalue weighted by molar-refractivity contribution is 0.102. The lowest BCUT2D eigenvalue weighted by Crippen LogP contribution is -2.13. The standard InChI is InChI=1S/C19H17N3O3S/c1-13-6-3-4-9-16(13)19(23)20-15-8-5-7-14(12-15)17-10-11-18(22-21-17)26(2,24)25/h3-12H,1-2H3,(H,20,23). The number of carbonyl (C=O) groups excluding carboxylic acids is 1. The Bertz CT molecular complexity index is 1060. The minimum absolute atomic E-state index is 0.0785. The van der Waals surface area contributed by atoms with Crippen molar-refractivity contribution in [2.75, 3.05) is 11.6 Å². The van der Waals surface area contributed by atoms with Crippen LogP contribution in [-0.4, -0.2) is 30.8 Å². The Balaban J connectivity index is 1.85. The van der Waals surface area contributed by atoms with Gasteiger partial charge in [-0.1, -0.05) is 30.3 Å². The maximum atomic E-state index is 12.4. The maximum absolute atomic E-state index is 12.4. The Hall–Kier alpha value is -3.06. The van der Waals surface area contributed by atoms with Crippen molar-refractivity contribution in [2.24, 2.45) is 0 Å². The third-order valence-electron chi connectivity index (χ3n) is 3.83. The molecular weight excluding hydrogens is 350 g/mol. The van der Waals surface area contributed by atoms with Crippen molar-refractivity contribution >= 4 is 21.4 Å². The molecule has 0 aliphatic rings. The molecule has 3 aromatic rings. The van der Waals surface area contributed by atoms with Gasteiger partial charge in [-0.25, -0.2) is 8.42 Å². The molecule has 0 aliphatic heterocycles. The van der Waals surface area contributed by atoms with E-state index < -0.39 is 9.84 Å². The van der Waals surface area contributed by atoms with Crippen LogP contribution in [0.15, 0.2) is 65.7 Å². The van der Waals surface area contributed by atoms with Gasteiger partial charge in [-0.15, -0.1) is 10.2 Å². The number of anilines is 1. The van der Waals surface area contributed by atoms with Crippen molar-refractivity contribution in [2.45, 2.75) is 11.9 Å². The molecule has 0 spiro atoms. The van der Waals surface area contributed by atoms with Crippen molar-refractivity contribution < 1.29 is 13.2 Å². The first-order valence-electron chi connectivity index (χ1n) is 7.86. The highest BCUT2D eigenvalue weighted by Crippen LogP contribution is 2.22. The van der Waals surface area contributed by atoms with Gasteiger partial charge in [0, 0.05) is 23.1 Å². The van der Waals surface area contributed by atoms with Crippen molar-refractivity contribution in [3.05, 3.63) is 71.8 Å². The monoisotopic (exact) mass is 367 g/mol. The summed E-state index contributed by atoms with van der Waals surface area (Å²) in [6.07, 6.45) is 1.08. The molecule has 132 valence electrons. The quantitative estimate of drug-likeness (QED) is 0.765. The second-order valence-electron chi connectivity index (χ2n) is 5.88. The number of amides is 1. The lowest BCUT2D eigenvalue weighted by atomic mass is 10.1. The minimum atomic E-state index is -3.39. The molecule has 6 nitrogen and oxygen atoms in total. The van der Waals surface area contributed by atoms with Gasteiger partial charge in [0.1, 0.15) is 0 Å². The fourth-order valence-corrected chi connectivity index (χ4v) is 2.96. The number of hydrogen-bond acceptors (Lipinski definition) is 5. The SMILES string of the molecule is Cc1ccccc1C(=O)Nc1cccc(-c2ccc(S(C)(=O)=O)nn2)c1. The second-order valence-corrected chi connectivity index (χ2v) is 7.84. The zero-order valence-corrected chi connectivity index (χ0v) is 15.1. The summed E-state index contributed by atoms with van der Waals surface area (Å²) < 4.78 is 22.9. The number of carbonyl (C=O) groups is 1. The number of hydrogen-bond donors (Lipinski definition) is 1.